The standard InChI is InChI=1S/C29H33Br2N3O5S.ClH/c1-2-39-26-15-22(14-25(17-26)34-9-6-10-40(34,37)38)29(36)33-27(13-20-7-4-3-5-8-20)28(35)19-32-18-21-11-23(30)16-24(31)12-21;/h3-5,7-8,11-12,14-17,27-28,32,35H,2,6,9-10,13,18-19H2,1H3,(H,33,36);1H/t27-,28+;/m0./s1. The van der Waals surface area contributed by atoms with E-state index in [4.69, 9.17) is 4.74 Å². The van der Waals surface area contributed by atoms with Crippen LogP contribution in [0, 0.1) is 0 Å². The van der Waals surface area contributed by atoms with E-state index >= 15 is 0 Å². The van der Waals surface area contributed by atoms with Gasteiger partial charge >= 0.3 is 0 Å². The minimum Gasteiger partial charge on any atom is -0.494 e. The molecule has 0 spiro atoms. The number of benzene rings is 3. The van der Waals surface area contributed by atoms with Crippen molar-refractivity contribution >= 4 is 65.9 Å². The largest absolute Gasteiger partial charge is 0.494 e. The first kappa shape index (κ1) is 33.4. The quantitative estimate of drug-likeness (QED) is 0.241. The van der Waals surface area contributed by atoms with Gasteiger partial charge in [-0.1, -0.05) is 62.2 Å². The Bertz CT molecular complexity index is 1410. The summed E-state index contributed by atoms with van der Waals surface area (Å²) >= 11 is 6.98. The third-order valence-electron chi connectivity index (χ3n) is 6.54. The van der Waals surface area contributed by atoms with Crippen LogP contribution in [0.4, 0.5) is 5.69 Å². The van der Waals surface area contributed by atoms with E-state index in [9.17, 15) is 18.3 Å². The highest BCUT2D eigenvalue weighted by Gasteiger charge is 2.30. The molecule has 1 saturated heterocycles. The van der Waals surface area contributed by atoms with Crippen LogP contribution in [0.3, 0.4) is 0 Å². The van der Waals surface area contributed by atoms with Crippen LogP contribution in [0.25, 0.3) is 0 Å². The maximum atomic E-state index is 13.5. The Labute approximate surface area is 264 Å². The van der Waals surface area contributed by atoms with E-state index in [0.29, 0.717) is 44.0 Å². The molecule has 12 heteroatoms. The predicted octanol–water partition coefficient (Wildman–Crippen LogP) is 5.06. The van der Waals surface area contributed by atoms with Gasteiger partial charge in [0.2, 0.25) is 10.0 Å². The zero-order valence-electron chi connectivity index (χ0n) is 22.6. The minimum atomic E-state index is -3.44. The number of aliphatic hydroxyl groups is 1. The number of hydrogen-bond donors (Lipinski definition) is 3. The molecule has 0 unspecified atom stereocenters. The van der Waals surface area contributed by atoms with E-state index in [1.54, 1.807) is 18.2 Å². The van der Waals surface area contributed by atoms with Crippen molar-refractivity contribution in [3.8, 4) is 5.75 Å². The summed E-state index contributed by atoms with van der Waals surface area (Å²) in [5, 5.41) is 17.4. The number of carbonyl (C=O) groups excluding carboxylic acids is 1. The predicted molar refractivity (Wildman–Crippen MR) is 172 cm³/mol. The third-order valence-corrected chi connectivity index (χ3v) is 9.32. The first-order chi connectivity index (χ1) is 19.1. The van der Waals surface area contributed by atoms with Gasteiger partial charge < -0.3 is 20.5 Å². The van der Waals surface area contributed by atoms with Crippen LogP contribution >= 0.6 is 44.3 Å². The zero-order chi connectivity index (χ0) is 28.7. The molecule has 41 heavy (non-hydrogen) atoms. The lowest BCUT2D eigenvalue weighted by atomic mass is 10.00. The summed E-state index contributed by atoms with van der Waals surface area (Å²) in [5.74, 6) is 0.0624. The number of nitrogens with one attached hydrogen (secondary N) is 2. The average molecular weight is 732 g/mol. The monoisotopic (exact) mass is 729 g/mol. The summed E-state index contributed by atoms with van der Waals surface area (Å²) in [6, 6.07) is 19.8. The van der Waals surface area contributed by atoms with Gasteiger partial charge in [0.25, 0.3) is 5.91 Å². The summed E-state index contributed by atoms with van der Waals surface area (Å²) in [6.45, 7) is 3.33. The Kier molecular flexibility index (Phi) is 12.5. The number of rotatable bonds is 12. The van der Waals surface area contributed by atoms with Gasteiger partial charge in [0.15, 0.2) is 0 Å². The van der Waals surface area contributed by atoms with Gasteiger partial charge in [0.1, 0.15) is 5.75 Å². The minimum absolute atomic E-state index is 0. The van der Waals surface area contributed by atoms with E-state index in [0.717, 1.165) is 20.1 Å². The molecule has 1 aliphatic heterocycles. The molecule has 1 aliphatic rings. The molecule has 3 aromatic rings. The second-order valence-corrected chi connectivity index (χ2v) is 13.5. The number of anilines is 1. The number of hydrogen-bond acceptors (Lipinski definition) is 6. The van der Waals surface area contributed by atoms with Gasteiger partial charge in [-0.2, -0.15) is 0 Å². The van der Waals surface area contributed by atoms with Crippen LogP contribution in [-0.4, -0.2) is 57.0 Å². The molecule has 1 heterocycles. The Morgan fingerprint density at radius 3 is 2.39 bits per heavy atom. The Hall–Kier alpha value is -2.15. The molecule has 1 amide bonds. The van der Waals surface area contributed by atoms with Crippen LogP contribution in [0.5, 0.6) is 5.75 Å². The highest BCUT2D eigenvalue weighted by atomic mass is 79.9. The topological polar surface area (TPSA) is 108 Å². The highest BCUT2D eigenvalue weighted by Crippen LogP contribution is 2.29. The van der Waals surface area contributed by atoms with Crippen molar-refractivity contribution in [2.75, 3.05) is 29.8 Å². The molecule has 2 atom stereocenters. The zero-order valence-corrected chi connectivity index (χ0v) is 27.4. The first-order valence-electron chi connectivity index (χ1n) is 13.1. The summed E-state index contributed by atoms with van der Waals surface area (Å²) in [5.41, 5.74) is 2.67. The second-order valence-electron chi connectivity index (χ2n) is 9.64. The number of amides is 1. The Balaban J connectivity index is 0.00000462. The van der Waals surface area contributed by atoms with E-state index < -0.39 is 28.1 Å². The fourth-order valence-corrected chi connectivity index (χ4v) is 7.60. The Morgan fingerprint density at radius 1 is 1.05 bits per heavy atom. The van der Waals surface area contributed by atoms with Crippen LogP contribution in [0.1, 0.15) is 34.8 Å². The second kappa shape index (κ2) is 15.4. The summed E-state index contributed by atoms with van der Waals surface area (Å²) < 4.78 is 34.0. The number of sulfonamides is 1. The molecular weight excluding hydrogens is 698 g/mol. The molecule has 0 bridgehead atoms. The van der Waals surface area contributed by atoms with Gasteiger partial charge in [0.05, 0.1) is 30.2 Å². The normalized spacial score (nSPS) is 15.6. The summed E-state index contributed by atoms with van der Waals surface area (Å²) in [6.07, 6.45) is 0.0437. The van der Waals surface area contributed by atoms with Crippen molar-refractivity contribution in [1.82, 2.24) is 10.6 Å². The molecule has 3 aromatic carbocycles. The van der Waals surface area contributed by atoms with Crippen molar-refractivity contribution in [3.63, 3.8) is 0 Å². The van der Waals surface area contributed by atoms with E-state index in [1.165, 1.54) is 4.31 Å². The van der Waals surface area contributed by atoms with E-state index in [1.807, 2.05) is 55.5 Å². The maximum absolute atomic E-state index is 13.5. The molecular formula is C29H34Br2ClN3O5S. The van der Waals surface area contributed by atoms with Crippen LogP contribution < -0.4 is 19.7 Å². The smallest absolute Gasteiger partial charge is 0.251 e. The van der Waals surface area contributed by atoms with Crippen molar-refractivity contribution in [2.45, 2.75) is 38.5 Å². The molecule has 222 valence electrons. The van der Waals surface area contributed by atoms with Crippen molar-refractivity contribution in [3.05, 3.63) is 92.4 Å². The SMILES string of the molecule is CCOc1cc(C(=O)N[C@@H](Cc2ccccc2)[C@H](O)CNCc2cc(Br)cc(Br)c2)cc(N2CCCS2(=O)=O)c1.Cl. The molecule has 4 rings (SSSR count). The lowest BCUT2D eigenvalue weighted by Crippen LogP contribution is -2.48. The molecule has 8 nitrogen and oxygen atoms in total. The molecule has 3 N–H and O–H groups in total. The lowest BCUT2D eigenvalue weighted by Gasteiger charge is -2.25. The third kappa shape index (κ3) is 9.42. The van der Waals surface area contributed by atoms with Gasteiger partial charge in [-0.05, 0) is 61.2 Å². The summed E-state index contributed by atoms with van der Waals surface area (Å²) in [7, 11) is -3.44. The molecule has 0 radical (unpaired) electrons. The number of ether oxygens (including phenoxy) is 1. The Morgan fingerprint density at radius 2 is 1.76 bits per heavy atom. The molecule has 0 saturated carbocycles. The van der Waals surface area contributed by atoms with Crippen molar-refractivity contribution < 1.29 is 23.1 Å². The summed E-state index contributed by atoms with van der Waals surface area (Å²) in [4.78, 5) is 13.5. The van der Waals surface area contributed by atoms with Gasteiger partial charge in [0, 0.05) is 40.2 Å². The van der Waals surface area contributed by atoms with Gasteiger partial charge in [-0.15, -0.1) is 12.4 Å². The fraction of sp³-hybridized carbons (Fsp3) is 0.345. The van der Waals surface area contributed by atoms with Crippen molar-refractivity contribution in [2.24, 2.45) is 0 Å². The highest BCUT2D eigenvalue weighted by molar-refractivity contribution is 9.11. The first-order valence-corrected chi connectivity index (χ1v) is 16.3. The van der Waals surface area contributed by atoms with Crippen LogP contribution in [-0.2, 0) is 23.0 Å². The maximum Gasteiger partial charge on any atom is 0.251 e. The number of aliphatic hydroxyl groups excluding tert-OH is 1. The number of halogens is 3. The number of nitrogens with zero attached hydrogens (tertiary/aromatic N) is 1. The van der Waals surface area contributed by atoms with Crippen LogP contribution in [0.2, 0.25) is 0 Å². The van der Waals surface area contributed by atoms with Gasteiger partial charge in [-0.3, -0.25) is 9.10 Å². The lowest BCUT2D eigenvalue weighted by molar-refractivity contribution is 0.0829. The van der Waals surface area contributed by atoms with Crippen LogP contribution in [0.15, 0.2) is 75.7 Å². The average Bonchev–Trinajstić information content (AvgIpc) is 3.27. The van der Waals surface area contributed by atoms with Gasteiger partial charge in [-0.25, -0.2) is 8.42 Å². The van der Waals surface area contributed by atoms with E-state index in [-0.39, 0.29) is 30.3 Å². The molecule has 0 aromatic heterocycles. The van der Waals surface area contributed by atoms with Crippen molar-refractivity contribution in [1.29, 1.82) is 0 Å². The molecule has 0 aliphatic carbocycles. The fourth-order valence-electron chi connectivity index (χ4n) is 4.66. The number of carbonyl (C=O) groups is 1. The van der Waals surface area contributed by atoms with E-state index in [2.05, 4.69) is 42.5 Å². The molecule has 1 fully saturated rings.